The molecule has 36 heavy (non-hydrogen) atoms. The zero-order valence-electron chi connectivity index (χ0n) is 20.5. The van der Waals surface area contributed by atoms with Crippen LogP contribution in [0.1, 0.15) is 32.0 Å². The van der Waals surface area contributed by atoms with Gasteiger partial charge in [0.2, 0.25) is 0 Å². The van der Waals surface area contributed by atoms with Crippen LogP contribution in [0.25, 0.3) is 33.8 Å². The van der Waals surface area contributed by atoms with E-state index in [1.165, 1.54) is 41.6 Å². The van der Waals surface area contributed by atoms with Crippen molar-refractivity contribution in [1.82, 2.24) is 19.3 Å². The first-order valence-electron chi connectivity index (χ1n) is 12.7. The van der Waals surface area contributed by atoms with Crippen LogP contribution in [0, 0.1) is 0 Å². The Morgan fingerprint density at radius 2 is 1.50 bits per heavy atom. The number of benzene rings is 3. The zero-order valence-corrected chi connectivity index (χ0v) is 21.3. The van der Waals surface area contributed by atoms with E-state index >= 15 is 0 Å². The van der Waals surface area contributed by atoms with Gasteiger partial charge < -0.3 is 9.13 Å². The quantitative estimate of drug-likeness (QED) is 0.263. The van der Waals surface area contributed by atoms with E-state index in [9.17, 15) is 0 Å². The molecule has 3 aromatic carbocycles. The van der Waals surface area contributed by atoms with Gasteiger partial charge in [-0.1, -0.05) is 61.0 Å². The van der Waals surface area contributed by atoms with Gasteiger partial charge in [-0.05, 0) is 60.7 Å². The third-order valence-corrected chi connectivity index (χ3v) is 7.73. The molecule has 0 atom stereocenters. The summed E-state index contributed by atoms with van der Waals surface area (Å²) >= 11 is 1.68. The average molecular weight is 492 g/mol. The van der Waals surface area contributed by atoms with Gasteiger partial charge in [0.05, 0.1) is 11.4 Å². The van der Waals surface area contributed by atoms with E-state index in [2.05, 4.69) is 110 Å². The van der Waals surface area contributed by atoms with Crippen LogP contribution in [0.5, 0.6) is 0 Å². The lowest BCUT2D eigenvalue weighted by molar-refractivity contribution is 0.636. The Kier molecular flexibility index (Phi) is 6.35. The third kappa shape index (κ3) is 4.44. The second-order valence-corrected chi connectivity index (χ2v) is 9.99. The summed E-state index contributed by atoms with van der Waals surface area (Å²) < 4.78 is 4.58. The van der Waals surface area contributed by atoms with Crippen molar-refractivity contribution in [1.29, 1.82) is 0 Å². The number of aromatic nitrogens is 4. The van der Waals surface area contributed by atoms with Crippen molar-refractivity contribution < 1.29 is 0 Å². The van der Waals surface area contributed by atoms with Crippen LogP contribution in [0.2, 0.25) is 0 Å². The third-order valence-electron chi connectivity index (χ3n) is 6.86. The molecule has 0 N–H and O–H groups in total. The van der Waals surface area contributed by atoms with Crippen molar-refractivity contribution in [3.8, 4) is 33.8 Å². The monoisotopic (exact) mass is 491 g/mol. The first-order chi connectivity index (χ1) is 17.8. The molecule has 1 aliphatic heterocycles. The van der Waals surface area contributed by atoms with Crippen molar-refractivity contribution in [3.63, 3.8) is 0 Å². The summed E-state index contributed by atoms with van der Waals surface area (Å²) in [4.78, 5) is 5.99. The SMILES string of the molecule is CCn1c(-c2ccc(-c3ccccc3)cc2)csc1=Nc1ccc(-c2nnc3n2CCCCC3)cc1. The summed E-state index contributed by atoms with van der Waals surface area (Å²) in [5.74, 6) is 2.09. The lowest BCUT2D eigenvalue weighted by atomic mass is 10.0. The zero-order chi connectivity index (χ0) is 24.3. The number of thiazole rings is 1. The van der Waals surface area contributed by atoms with Gasteiger partial charge in [0.1, 0.15) is 5.82 Å². The van der Waals surface area contributed by atoms with E-state index in [-0.39, 0.29) is 0 Å². The van der Waals surface area contributed by atoms with Gasteiger partial charge in [0.15, 0.2) is 10.6 Å². The molecule has 6 rings (SSSR count). The number of aryl methyl sites for hydroxylation is 1. The minimum atomic E-state index is 0.863. The average Bonchev–Trinajstić information content (AvgIpc) is 3.45. The summed E-state index contributed by atoms with van der Waals surface area (Å²) in [5, 5.41) is 11.1. The first kappa shape index (κ1) is 22.7. The Hall–Kier alpha value is -3.77. The van der Waals surface area contributed by atoms with Crippen LogP contribution in [-0.4, -0.2) is 19.3 Å². The molecule has 0 unspecified atom stereocenters. The van der Waals surface area contributed by atoms with Gasteiger partial charge in [0, 0.05) is 30.5 Å². The van der Waals surface area contributed by atoms with Gasteiger partial charge in [-0.2, -0.15) is 0 Å². The molecule has 6 heteroatoms. The van der Waals surface area contributed by atoms with E-state index in [4.69, 9.17) is 4.99 Å². The highest BCUT2D eigenvalue weighted by atomic mass is 32.1. The molecule has 5 nitrogen and oxygen atoms in total. The van der Waals surface area contributed by atoms with Crippen LogP contribution in [0.15, 0.2) is 89.2 Å². The topological polar surface area (TPSA) is 48.0 Å². The van der Waals surface area contributed by atoms with Crippen molar-refractivity contribution in [2.75, 3.05) is 0 Å². The molecule has 0 amide bonds. The van der Waals surface area contributed by atoms with Gasteiger partial charge in [-0.25, -0.2) is 4.99 Å². The maximum atomic E-state index is 4.99. The number of rotatable bonds is 5. The second kappa shape index (κ2) is 10.1. The molecule has 0 saturated carbocycles. The number of hydrogen-bond donors (Lipinski definition) is 0. The van der Waals surface area contributed by atoms with Crippen LogP contribution in [-0.2, 0) is 19.5 Å². The van der Waals surface area contributed by atoms with Crippen molar-refractivity contribution in [2.24, 2.45) is 4.99 Å². The molecular weight excluding hydrogens is 462 g/mol. The smallest absolute Gasteiger partial charge is 0.190 e. The standard InChI is InChI=1S/C30H29N5S/c1-2-34-27(24-14-12-23(13-15-24)22-9-5-3-6-10-22)21-36-30(34)31-26-18-16-25(17-19-26)29-33-32-28-11-7-4-8-20-35(28)29/h3,5-6,9-10,12-19,21H,2,4,7-8,11,20H2,1H3. The highest BCUT2D eigenvalue weighted by Crippen LogP contribution is 2.27. The summed E-state index contributed by atoms with van der Waals surface area (Å²) in [6, 6.07) is 27.7. The van der Waals surface area contributed by atoms with Crippen LogP contribution in [0.4, 0.5) is 5.69 Å². The maximum Gasteiger partial charge on any atom is 0.190 e. The summed E-state index contributed by atoms with van der Waals surface area (Å²) in [7, 11) is 0. The summed E-state index contributed by atoms with van der Waals surface area (Å²) in [6.45, 7) is 4.04. The number of hydrogen-bond acceptors (Lipinski definition) is 4. The predicted molar refractivity (Wildman–Crippen MR) is 147 cm³/mol. The Morgan fingerprint density at radius 1 is 0.778 bits per heavy atom. The van der Waals surface area contributed by atoms with Crippen molar-refractivity contribution >= 4 is 17.0 Å². The van der Waals surface area contributed by atoms with Gasteiger partial charge >= 0.3 is 0 Å². The fraction of sp³-hybridized carbons (Fsp3) is 0.233. The molecule has 180 valence electrons. The van der Waals surface area contributed by atoms with E-state index in [1.807, 2.05) is 0 Å². The molecular formula is C30H29N5S. The minimum absolute atomic E-state index is 0.863. The van der Waals surface area contributed by atoms with E-state index < -0.39 is 0 Å². The molecule has 1 aliphatic rings. The van der Waals surface area contributed by atoms with Crippen molar-refractivity contribution in [3.05, 3.63) is 94.9 Å². The Labute approximate surface area is 215 Å². The molecule has 0 radical (unpaired) electrons. The molecule has 0 aliphatic carbocycles. The van der Waals surface area contributed by atoms with E-state index in [0.29, 0.717) is 0 Å². The predicted octanol–water partition coefficient (Wildman–Crippen LogP) is 7.12. The molecule has 3 heterocycles. The molecule has 0 fully saturated rings. The molecule has 0 spiro atoms. The van der Waals surface area contributed by atoms with E-state index in [1.54, 1.807) is 11.3 Å². The highest BCUT2D eigenvalue weighted by Gasteiger charge is 2.16. The lowest BCUT2D eigenvalue weighted by Crippen LogP contribution is -2.14. The van der Waals surface area contributed by atoms with Gasteiger partial charge in [-0.3, -0.25) is 0 Å². The highest BCUT2D eigenvalue weighted by molar-refractivity contribution is 7.07. The van der Waals surface area contributed by atoms with Gasteiger partial charge in [0.25, 0.3) is 0 Å². The normalized spacial score (nSPS) is 14.0. The molecule has 0 bridgehead atoms. The minimum Gasteiger partial charge on any atom is -0.317 e. The van der Waals surface area contributed by atoms with Crippen LogP contribution >= 0.6 is 11.3 Å². The van der Waals surface area contributed by atoms with Crippen LogP contribution < -0.4 is 4.80 Å². The maximum absolute atomic E-state index is 4.99. The Balaban J connectivity index is 1.28. The number of fused-ring (bicyclic) bond motifs is 1. The van der Waals surface area contributed by atoms with Crippen molar-refractivity contribution in [2.45, 2.75) is 45.7 Å². The summed E-state index contributed by atoms with van der Waals surface area (Å²) in [6.07, 6.45) is 4.68. The Morgan fingerprint density at radius 3 is 2.28 bits per heavy atom. The fourth-order valence-electron chi connectivity index (χ4n) is 4.91. The Bertz CT molecular complexity index is 1520. The lowest BCUT2D eigenvalue weighted by Gasteiger charge is -2.08. The largest absolute Gasteiger partial charge is 0.317 e. The molecule has 2 aromatic heterocycles. The molecule has 0 saturated heterocycles. The summed E-state index contributed by atoms with van der Waals surface area (Å²) in [5.41, 5.74) is 6.92. The van der Waals surface area contributed by atoms with E-state index in [0.717, 1.165) is 47.2 Å². The van der Waals surface area contributed by atoms with Gasteiger partial charge in [-0.15, -0.1) is 21.5 Å². The van der Waals surface area contributed by atoms with Crippen LogP contribution in [0.3, 0.4) is 0 Å². The fourth-order valence-corrected chi connectivity index (χ4v) is 5.91. The second-order valence-electron chi connectivity index (χ2n) is 9.15. The number of nitrogens with zero attached hydrogens (tertiary/aromatic N) is 5. The first-order valence-corrected chi connectivity index (χ1v) is 13.6. The molecule has 5 aromatic rings.